The molecule has 0 unspecified atom stereocenters. The second-order valence-electron chi connectivity index (χ2n) is 6.60. The van der Waals surface area contributed by atoms with Crippen LogP contribution in [0.25, 0.3) is 0 Å². The Morgan fingerprint density at radius 3 is 2.57 bits per heavy atom. The van der Waals surface area contributed by atoms with Gasteiger partial charge in [0.2, 0.25) is 0 Å². The van der Waals surface area contributed by atoms with E-state index >= 15 is 0 Å². The van der Waals surface area contributed by atoms with Crippen LogP contribution in [0.2, 0.25) is 0 Å². The molecule has 0 amide bonds. The molecule has 3 nitrogen and oxygen atoms in total. The van der Waals surface area contributed by atoms with E-state index in [0.717, 1.165) is 43.8 Å². The molecule has 1 aliphatic rings. The number of aromatic nitrogens is 2. The van der Waals surface area contributed by atoms with Crippen LogP contribution in [-0.4, -0.2) is 9.78 Å². The third kappa shape index (κ3) is 3.67. The van der Waals surface area contributed by atoms with Crippen molar-refractivity contribution in [1.82, 2.24) is 9.78 Å². The van der Waals surface area contributed by atoms with Crippen LogP contribution in [0.3, 0.4) is 0 Å². The van der Waals surface area contributed by atoms with Crippen LogP contribution in [0.5, 0.6) is 0 Å². The Morgan fingerprint density at radius 2 is 2.05 bits per heavy atom. The van der Waals surface area contributed by atoms with Crippen LogP contribution < -0.4 is 0 Å². The second-order valence-corrected chi connectivity index (χ2v) is 6.60. The number of rotatable bonds is 6. The Labute approximate surface area is 129 Å². The minimum atomic E-state index is -0.151. The van der Waals surface area contributed by atoms with E-state index in [9.17, 15) is 5.26 Å². The Hall–Kier alpha value is -1.30. The van der Waals surface area contributed by atoms with Crippen molar-refractivity contribution >= 4 is 0 Å². The van der Waals surface area contributed by atoms with Gasteiger partial charge in [-0.15, -0.1) is 0 Å². The monoisotopic (exact) mass is 287 g/mol. The van der Waals surface area contributed by atoms with Crippen LogP contribution in [0.15, 0.2) is 6.07 Å². The zero-order chi connectivity index (χ0) is 15.3. The first kappa shape index (κ1) is 16.1. The number of nitrogens with zero attached hydrogens (tertiary/aromatic N) is 3. The molecule has 1 fully saturated rings. The molecule has 1 aromatic rings. The smallest absolute Gasteiger partial charge is 0.0693 e. The predicted octanol–water partition coefficient (Wildman–Crippen LogP) is 4.51. The second kappa shape index (κ2) is 7.11. The van der Waals surface area contributed by atoms with Gasteiger partial charge in [0.25, 0.3) is 0 Å². The fraction of sp³-hybridized carbons (Fsp3) is 0.778. The van der Waals surface area contributed by atoms with Crippen molar-refractivity contribution in [3.8, 4) is 6.07 Å². The maximum Gasteiger partial charge on any atom is 0.0693 e. The maximum absolute atomic E-state index is 9.77. The summed E-state index contributed by atoms with van der Waals surface area (Å²) in [5, 5.41) is 14.4. The summed E-state index contributed by atoms with van der Waals surface area (Å²) < 4.78 is 2.09. The molecular weight excluding hydrogens is 258 g/mol. The molecule has 0 atom stereocenters. The summed E-state index contributed by atoms with van der Waals surface area (Å²) >= 11 is 0. The fourth-order valence-electron chi connectivity index (χ4n) is 3.71. The molecular formula is C18H29N3. The fourth-order valence-corrected chi connectivity index (χ4v) is 3.71. The molecule has 1 aromatic heterocycles. The Balaban J connectivity index is 2.09. The predicted molar refractivity (Wildman–Crippen MR) is 85.9 cm³/mol. The lowest BCUT2D eigenvalue weighted by atomic mass is 9.68. The van der Waals surface area contributed by atoms with Gasteiger partial charge in [-0.2, -0.15) is 10.4 Å². The Morgan fingerprint density at radius 1 is 1.33 bits per heavy atom. The van der Waals surface area contributed by atoms with E-state index in [1.165, 1.54) is 31.4 Å². The lowest BCUT2D eigenvalue weighted by Gasteiger charge is -2.35. The van der Waals surface area contributed by atoms with Crippen molar-refractivity contribution in [1.29, 1.82) is 5.26 Å². The third-order valence-corrected chi connectivity index (χ3v) is 5.09. The molecule has 0 N–H and O–H groups in total. The van der Waals surface area contributed by atoms with E-state index in [2.05, 4.69) is 42.7 Å². The maximum atomic E-state index is 9.77. The summed E-state index contributed by atoms with van der Waals surface area (Å²) in [5.41, 5.74) is 2.26. The van der Waals surface area contributed by atoms with Gasteiger partial charge in [-0.25, -0.2) is 0 Å². The highest BCUT2D eigenvalue weighted by atomic mass is 15.3. The number of hydrogen-bond acceptors (Lipinski definition) is 2. The van der Waals surface area contributed by atoms with E-state index in [0.29, 0.717) is 0 Å². The molecule has 21 heavy (non-hydrogen) atoms. The number of hydrogen-bond donors (Lipinski definition) is 0. The van der Waals surface area contributed by atoms with Gasteiger partial charge in [-0.3, -0.25) is 4.68 Å². The van der Waals surface area contributed by atoms with Crippen molar-refractivity contribution in [3.63, 3.8) is 0 Å². The SMILES string of the molecule is CCCC1CCC(C#N)(Cc2cc(CC)nn2CC)CC1. The van der Waals surface area contributed by atoms with Gasteiger partial charge in [-0.1, -0.05) is 26.7 Å². The lowest BCUT2D eigenvalue weighted by molar-refractivity contribution is 0.197. The van der Waals surface area contributed by atoms with Crippen molar-refractivity contribution in [2.75, 3.05) is 0 Å². The minimum Gasteiger partial charge on any atom is -0.270 e. The first-order chi connectivity index (χ1) is 10.2. The van der Waals surface area contributed by atoms with Crippen LogP contribution in [0.1, 0.15) is 70.7 Å². The van der Waals surface area contributed by atoms with Gasteiger partial charge >= 0.3 is 0 Å². The summed E-state index contributed by atoms with van der Waals surface area (Å²) in [7, 11) is 0. The van der Waals surface area contributed by atoms with Gasteiger partial charge in [0.15, 0.2) is 0 Å². The van der Waals surface area contributed by atoms with Crippen LogP contribution in [-0.2, 0) is 19.4 Å². The molecule has 2 rings (SSSR count). The van der Waals surface area contributed by atoms with Gasteiger partial charge < -0.3 is 0 Å². The minimum absolute atomic E-state index is 0.151. The molecule has 0 saturated heterocycles. The van der Waals surface area contributed by atoms with Gasteiger partial charge in [0, 0.05) is 18.7 Å². The number of aryl methyl sites for hydroxylation is 2. The van der Waals surface area contributed by atoms with Crippen molar-refractivity contribution in [2.24, 2.45) is 11.3 Å². The van der Waals surface area contributed by atoms with Crippen LogP contribution in [0.4, 0.5) is 0 Å². The summed E-state index contributed by atoms with van der Waals surface area (Å²) in [6.45, 7) is 7.43. The normalized spacial score (nSPS) is 25.7. The van der Waals surface area contributed by atoms with Crippen LogP contribution in [0, 0.1) is 22.7 Å². The highest BCUT2D eigenvalue weighted by molar-refractivity contribution is 5.16. The van der Waals surface area contributed by atoms with Crippen LogP contribution >= 0.6 is 0 Å². The van der Waals surface area contributed by atoms with E-state index in [1.807, 2.05) is 0 Å². The van der Waals surface area contributed by atoms with Gasteiger partial charge in [-0.05, 0) is 51.0 Å². The van der Waals surface area contributed by atoms with E-state index < -0.39 is 0 Å². The average molecular weight is 287 g/mol. The largest absolute Gasteiger partial charge is 0.270 e. The van der Waals surface area contributed by atoms with Crippen molar-refractivity contribution in [3.05, 3.63) is 17.5 Å². The van der Waals surface area contributed by atoms with Crippen molar-refractivity contribution < 1.29 is 0 Å². The van der Waals surface area contributed by atoms with Gasteiger partial charge in [0.05, 0.1) is 17.2 Å². The summed E-state index contributed by atoms with van der Waals surface area (Å²) in [6.07, 6.45) is 9.02. The molecule has 0 radical (unpaired) electrons. The zero-order valence-electron chi connectivity index (χ0n) is 13.9. The first-order valence-electron chi connectivity index (χ1n) is 8.63. The average Bonchev–Trinajstić information content (AvgIpc) is 2.91. The van der Waals surface area contributed by atoms with E-state index in [-0.39, 0.29) is 5.41 Å². The van der Waals surface area contributed by atoms with E-state index in [4.69, 9.17) is 0 Å². The molecule has 1 saturated carbocycles. The molecule has 3 heteroatoms. The zero-order valence-corrected chi connectivity index (χ0v) is 13.9. The Kier molecular flexibility index (Phi) is 5.45. The van der Waals surface area contributed by atoms with Gasteiger partial charge in [0.1, 0.15) is 0 Å². The van der Waals surface area contributed by atoms with Crippen molar-refractivity contribution in [2.45, 2.75) is 78.7 Å². The Bertz CT molecular complexity index is 487. The molecule has 0 bridgehead atoms. The molecule has 1 aliphatic carbocycles. The highest BCUT2D eigenvalue weighted by Crippen LogP contribution is 2.42. The molecule has 1 heterocycles. The summed E-state index contributed by atoms with van der Waals surface area (Å²) in [5.74, 6) is 0.846. The highest BCUT2D eigenvalue weighted by Gasteiger charge is 2.36. The van der Waals surface area contributed by atoms with E-state index in [1.54, 1.807) is 0 Å². The first-order valence-corrected chi connectivity index (χ1v) is 8.63. The standard InChI is InChI=1S/C18H29N3/c1-4-7-15-8-10-18(14-19,11-9-15)13-17-12-16(5-2)20-21(17)6-3/h12,15H,4-11,13H2,1-3H3. The third-order valence-electron chi connectivity index (χ3n) is 5.09. The topological polar surface area (TPSA) is 41.6 Å². The molecule has 0 aliphatic heterocycles. The molecule has 116 valence electrons. The quantitative estimate of drug-likeness (QED) is 0.772. The summed E-state index contributed by atoms with van der Waals surface area (Å²) in [6, 6.07) is 4.88. The number of nitriles is 1. The molecule has 0 spiro atoms. The lowest BCUT2D eigenvalue weighted by Crippen LogP contribution is -2.29. The molecule has 0 aromatic carbocycles. The summed E-state index contributed by atoms with van der Waals surface area (Å²) in [4.78, 5) is 0.